The SMILES string of the molecule is O=C(Nc1cccc(Cl)c1)c1ccnc(NCCc2ccccc2F)n1. The number of halogens is 2. The molecule has 0 aliphatic rings. The van der Waals surface area contributed by atoms with Crippen molar-refractivity contribution in [1.82, 2.24) is 9.97 Å². The Morgan fingerprint density at radius 2 is 1.96 bits per heavy atom. The van der Waals surface area contributed by atoms with E-state index >= 15 is 0 Å². The molecule has 26 heavy (non-hydrogen) atoms. The molecule has 3 rings (SSSR count). The predicted octanol–water partition coefficient (Wildman–Crippen LogP) is 4.18. The van der Waals surface area contributed by atoms with E-state index in [-0.39, 0.29) is 17.4 Å². The van der Waals surface area contributed by atoms with E-state index in [4.69, 9.17) is 11.6 Å². The molecule has 0 radical (unpaired) electrons. The van der Waals surface area contributed by atoms with Gasteiger partial charge in [0, 0.05) is 23.5 Å². The summed E-state index contributed by atoms with van der Waals surface area (Å²) >= 11 is 5.90. The summed E-state index contributed by atoms with van der Waals surface area (Å²) in [6, 6.07) is 15.0. The maximum Gasteiger partial charge on any atom is 0.274 e. The molecule has 0 bridgehead atoms. The van der Waals surface area contributed by atoms with Crippen LogP contribution >= 0.6 is 11.6 Å². The van der Waals surface area contributed by atoms with E-state index in [1.54, 1.807) is 42.5 Å². The van der Waals surface area contributed by atoms with Crippen LogP contribution in [0.25, 0.3) is 0 Å². The molecule has 0 saturated carbocycles. The van der Waals surface area contributed by atoms with E-state index in [2.05, 4.69) is 20.6 Å². The Hall–Kier alpha value is -2.99. The average Bonchev–Trinajstić information content (AvgIpc) is 2.64. The van der Waals surface area contributed by atoms with Crippen molar-refractivity contribution in [2.75, 3.05) is 17.2 Å². The van der Waals surface area contributed by atoms with Gasteiger partial charge < -0.3 is 10.6 Å². The van der Waals surface area contributed by atoms with E-state index in [1.165, 1.54) is 18.3 Å². The van der Waals surface area contributed by atoms with Crippen LogP contribution < -0.4 is 10.6 Å². The van der Waals surface area contributed by atoms with Gasteiger partial charge in [-0.25, -0.2) is 14.4 Å². The zero-order valence-corrected chi connectivity index (χ0v) is 14.5. The lowest BCUT2D eigenvalue weighted by Crippen LogP contribution is -2.16. The molecule has 0 spiro atoms. The van der Waals surface area contributed by atoms with Crippen molar-refractivity contribution >= 4 is 29.1 Å². The van der Waals surface area contributed by atoms with Crippen LogP contribution in [0.2, 0.25) is 5.02 Å². The number of hydrogen-bond donors (Lipinski definition) is 2. The summed E-state index contributed by atoms with van der Waals surface area (Å²) in [6.45, 7) is 0.445. The first-order chi connectivity index (χ1) is 12.6. The predicted molar refractivity (Wildman–Crippen MR) is 100 cm³/mol. The van der Waals surface area contributed by atoms with Crippen molar-refractivity contribution in [2.24, 2.45) is 0 Å². The number of aromatic nitrogens is 2. The summed E-state index contributed by atoms with van der Waals surface area (Å²) in [7, 11) is 0. The van der Waals surface area contributed by atoms with Crippen molar-refractivity contribution < 1.29 is 9.18 Å². The van der Waals surface area contributed by atoms with Crippen molar-refractivity contribution in [3.63, 3.8) is 0 Å². The number of hydrogen-bond acceptors (Lipinski definition) is 4. The molecule has 0 atom stereocenters. The van der Waals surface area contributed by atoms with Gasteiger partial charge in [0.25, 0.3) is 5.91 Å². The van der Waals surface area contributed by atoms with E-state index in [0.29, 0.717) is 35.2 Å². The molecule has 1 aromatic heterocycles. The second-order valence-electron chi connectivity index (χ2n) is 5.50. The Morgan fingerprint density at radius 3 is 2.77 bits per heavy atom. The van der Waals surface area contributed by atoms with Crippen molar-refractivity contribution in [3.05, 3.63) is 82.9 Å². The molecule has 0 aliphatic heterocycles. The smallest absolute Gasteiger partial charge is 0.274 e. The van der Waals surface area contributed by atoms with E-state index in [0.717, 1.165) is 0 Å². The monoisotopic (exact) mass is 370 g/mol. The van der Waals surface area contributed by atoms with Crippen molar-refractivity contribution in [3.8, 4) is 0 Å². The topological polar surface area (TPSA) is 66.9 Å². The van der Waals surface area contributed by atoms with E-state index < -0.39 is 0 Å². The molecule has 0 aliphatic carbocycles. The van der Waals surface area contributed by atoms with Gasteiger partial charge in [0.15, 0.2) is 0 Å². The fourth-order valence-corrected chi connectivity index (χ4v) is 2.53. The fourth-order valence-electron chi connectivity index (χ4n) is 2.34. The second kappa shape index (κ2) is 8.40. The van der Waals surface area contributed by atoms with Gasteiger partial charge in [0.2, 0.25) is 5.95 Å². The van der Waals surface area contributed by atoms with Gasteiger partial charge in [-0.2, -0.15) is 0 Å². The first-order valence-corrected chi connectivity index (χ1v) is 8.37. The third-order valence-electron chi connectivity index (χ3n) is 3.61. The number of carbonyl (C=O) groups is 1. The van der Waals surface area contributed by atoms with Crippen LogP contribution in [-0.2, 0) is 6.42 Å². The number of nitrogens with zero attached hydrogens (tertiary/aromatic N) is 2. The van der Waals surface area contributed by atoms with Gasteiger partial charge in [-0.3, -0.25) is 4.79 Å². The fraction of sp³-hybridized carbons (Fsp3) is 0.105. The summed E-state index contributed by atoms with van der Waals surface area (Å²) < 4.78 is 13.6. The van der Waals surface area contributed by atoms with Crippen LogP contribution in [0.15, 0.2) is 60.8 Å². The molecule has 2 N–H and O–H groups in total. The van der Waals surface area contributed by atoms with Crippen LogP contribution in [0.1, 0.15) is 16.1 Å². The molecule has 1 amide bonds. The van der Waals surface area contributed by atoms with Crippen LogP contribution in [0.4, 0.5) is 16.0 Å². The zero-order chi connectivity index (χ0) is 18.4. The Kier molecular flexibility index (Phi) is 5.76. The summed E-state index contributed by atoms with van der Waals surface area (Å²) in [6.07, 6.45) is 1.97. The lowest BCUT2D eigenvalue weighted by Gasteiger charge is -2.08. The van der Waals surface area contributed by atoms with E-state index in [9.17, 15) is 9.18 Å². The third-order valence-corrected chi connectivity index (χ3v) is 3.84. The average molecular weight is 371 g/mol. The molecule has 0 unspecified atom stereocenters. The zero-order valence-electron chi connectivity index (χ0n) is 13.7. The summed E-state index contributed by atoms with van der Waals surface area (Å²) in [5.74, 6) is -0.309. The first kappa shape index (κ1) is 17.8. The molecule has 5 nitrogen and oxygen atoms in total. The highest BCUT2D eigenvalue weighted by atomic mass is 35.5. The highest BCUT2D eigenvalue weighted by molar-refractivity contribution is 6.30. The minimum absolute atomic E-state index is 0.216. The van der Waals surface area contributed by atoms with Crippen molar-refractivity contribution in [1.29, 1.82) is 0 Å². The summed E-state index contributed by atoms with van der Waals surface area (Å²) in [5, 5.41) is 6.25. The quantitative estimate of drug-likeness (QED) is 0.683. The summed E-state index contributed by atoms with van der Waals surface area (Å²) in [5.41, 5.74) is 1.40. The Labute approximate surface area is 155 Å². The van der Waals surface area contributed by atoms with Gasteiger partial charge in [0.05, 0.1) is 0 Å². The number of anilines is 2. The number of amides is 1. The number of carbonyl (C=O) groups excluding carboxylic acids is 1. The van der Waals surface area contributed by atoms with Gasteiger partial charge in [0.1, 0.15) is 11.5 Å². The highest BCUT2D eigenvalue weighted by Gasteiger charge is 2.09. The van der Waals surface area contributed by atoms with Gasteiger partial charge in [-0.05, 0) is 42.3 Å². The van der Waals surface area contributed by atoms with Crippen molar-refractivity contribution in [2.45, 2.75) is 6.42 Å². The van der Waals surface area contributed by atoms with Crippen LogP contribution in [-0.4, -0.2) is 22.4 Å². The second-order valence-corrected chi connectivity index (χ2v) is 5.93. The molecular weight excluding hydrogens is 355 g/mol. The van der Waals surface area contributed by atoms with Crippen LogP contribution in [0, 0.1) is 5.82 Å². The van der Waals surface area contributed by atoms with Gasteiger partial charge >= 0.3 is 0 Å². The molecule has 7 heteroatoms. The molecule has 132 valence electrons. The standard InChI is InChI=1S/C19H16ClFN4O/c20-14-5-3-6-15(12-14)24-18(26)17-9-11-23-19(25-17)22-10-8-13-4-1-2-7-16(13)21/h1-7,9,11-12H,8,10H2,(H,24,26)(H,22,23,25). The lowest BCUT2D eigenvalue weighted by molar-refractivity contribution is 0.102. The van der Waals surface area contributed by atoms with Crippen LogP contribution in [0.3, 0.4) is 0 Å². The molecular formula is C19H16ClFN4O. The Bertz CT molecular complexity index is 919. The Morgan fingerprint density at radius 1 is 1.12 bits per heavy atom. The third kappa shape index (κ3) is 4.77. The maximum absolute atomic E-state index is 13.6. The molecule has 1 heterocycles. The number of benzene rings is 2. The largest absolute Gasteiger partial charge is 0.354 e. The van der Waals surface area contributed by atoms with Crippen LogP contribution in [0.5, 0.6) is 0 Å². The van der Waals surface area contributed by atoms with Gasteiger partial charge in [-0.1, -0.05) is 35.9 Å². The molecule has 3 aromatic rings. The maximum atomic E-state index is 13.6. The Balaban J connectivity index is 1.60. The highest BCUT2D eigenvalue weighted by Crippen LogP contribution is 2.15. The van der Waals surface area contributed by atoms with Gasteiger partial charge in [-0.15, -0.1) is 0 Å². The minimum Gasteiger partial charge on any atom is -0.354 e. The number of nitrogens with one attached hydrogen (secondary N) is 2. The summed E-state index contributed by atoms with van der Waals surface area (Å²) in [4.78, 5) is 20.6. The number of rotatable bonds is 6. The normalized spacial score (nSPS) is 10.4. The lowest BCUT2D eigenvalue weighted by atomic mass is 10.1. The molecule has 2 aromatic carbocycles. The van der Waals surface area contributed by atoms with E-state index in [1.807, 2.05) is 0 Å². The first-order valence-electron chi connectivity index (χ1n) is 7.99. The minimum atomic E-state index is -0.369. The molecule has 0 saturated heterocycles. The molecule has 0 fully saturated rings.